The summed E-state index contributed by atoms with van der Waals surface area (Å²) in [6, 6.07) is 14.6. The molecule has 0 atom stereocenters. The van der Waals surface area contributed by atoms with Crippen molar-refractivity contribution >= 4 is 28.7 Å². The number of rotatable bonds is 4. The number of thiocarbonyl (C=S) groups is 1. The van der Waals surface area contributed by atoms with Gasteiger partial charge in [0.1, 0.15) is 5.82 Å². The van der Waals surface area contributed by atoms with E-state index in [2.05, 4.69) is 15.7 Å². The van der Waals surface area contributed by atoms with Crippen LogP contribution in [0, 0.1) is 26.6 Å². The summed E-state index contributed by atoms with van der Waals surface area (Å²) in [5.74, 6) is -0.245. The van der Waals surface area contributed by atoms with Crippen LogP contribution in [-0.2, 0) is 6.54 Å². The third-order valence-electron chi connectivity index (χ3n) is 4.15. The van der Waals surface area contributed by atoms with Crippen LogP contribution in [-0.4, -0.2) is 14.9 Å². The van der Waals surface area contributed by atoms with E-state index in [1.807, 2.05) is 55.8 Å². The van der Waals surface area contributed by atoms with Crippen molar-refractivity contribution in [3.05, 3.63) is 76.9 Å². The minimum atomic E-state index is -0.245. The first kappa shape index (κ1) is 18.1. The highest BCUT2D eigenvalue weighted by Gasteiger charge is 2.13. The van der Waals surface area contributed by atoms with Crippen LogP contribution in [0.1, 0.15) is 22.5 Å². The van der Waals surface area contributed by atoms with Gasteiger partial charge >= 0.3 is 0 Å². The maximum absolute atomic E-state index is 13.4. The molecular formula is C20H21FN4S. The molecule has 6 heteroatoms. The van der Waals surface area contributed by atoms with Crippen LogP contribution in [0.15, 0.2) is 48.5 Å². The summed E-state index contributed by atoms with van der Waals surface area (Å²) in [5.41, 5.74) is 5.63. The van der Waals surface area contributed by atoms with Crippen molar-refractivity contribution in [2.75, 3.05) is 10.6 Å². The first-order chi connectivity index (χ1) is 12.4. The molecule has 0 fully saturated rings. The lowest BCUT2D eigenvalue weighted by atomic mass is 10.2. The molecule has 0 amide bonds. The van der Waals surface area contributed by atoms with E-state index in [4.69, 9.17) is 12.2 Å². The van der Waals surface area contributed by atoms with Gasteiger partial charge in [0.05, 0.1) is 23.6 Å². The number of hydrogen-bond donors (Lipinski definition) is 2. The predicted octanol–water partition coefficient (Wildman–Crippen LogP) is 4.80. The molecule has 0 saturated carbocycles. The van der Waals surface area contributed by atoms with Crippen LogP contribution in [0.2, 0.25) is 0 Å². The normalized spacial score (nSPS) is 10.6. The highest BCUT2D eigenvalue weighted by molar-refractivity contribution is 7.80. The minimum Gasteiger partial charge on any atom is -0.332 e. The first-order valence-electron chi connectivity index (χ1n) is 8.35. The average molecular weight is 368 g/mol. The van der Waals surface area contributed by atoms with Gasteiger partial charge in [0.2, 0.25) is 0 Å². The molecule has 3 aromatic rings. The van der Waals surface area contributed by atoms with Gasteiger partial charge in [-0.05, 0) is 62.8 Å². The Balaban J connectivity index is 1.73. The van der Waals surface area contributed by atoms with Crippen molar-refractivity contribution in [1.82, 2.24) is 9.78 Å². The molecule has 1 aromatic heterocycles. The van der Waals surface area contributed by atoms with E-state index in [0.29, 0.717) is 11.7 Å². The topological polar surface area (TPSA) is 41.9 Å². The van der Waals surface area contributed by atoms with E-state index in [-0.39, 0.29) is 5.82 Å². The summed E-state index contributed by atoms with van der Waals surface area (Å²) in [6.07, 6.45) is 0. The van der Waals surface area contributed by atoms with Gasteiger partial charge in [-0.15, -0.1) is 0 Å². The summed E-state index contributed by atoms with van der Waals surface area (Å²) >= 11 is 5.42. The van der Waals surface area contributed by atoms with Crippen molar-refractivity contribution in [3.63, 3.8) is 0 Å². The zero-order valence-electron chi connectivity index (χ0n) is 15.0. The maximum atomic E-state index is 13.4. The summed E-state index contributed by atoms with van der Waals surface area (Å²) in [6.45, 7) is 6.44. The molecule has 0 aliphatic rings. The van der Waals surface area contributed by atoms with Crippen LogP contribution >= 0.6 is 12.2 Å². The Morgan fingerprint density at radius 3 is 2.50 bits per heavy atom. The summed E-state index contributed by atoms with van der Waals surface area (Å²) in [7, 11) is 0. The monoisotopic (exact) mass is 368 g/mol. The van der Waals surface area contributed by atoms with Crippen molar-refractivity contribution in [1.29, 1.82) is 0 Å². The second-order valence-corrected chi connectivity index (χ2v) is 6.69. The van der Waals surface area contributed by atoms with E-state index in [9.17, 15) is 4.39 Å². The molecule has 3 rings (SSSR count). The Morgan fingerprint density at radius 1 is 1.08 bits per heavy atom. The maximum Gasteiger partial charge on any atom is 0.175 e. The minimum absolute atomic E-state index is 0.245. The molecule has 26 heavy (non-hydrogen) atoms. The fraction of sp³-hybridized carbons (Fsp3) is 0.200. The molecule has 4 nitrogen and oxygen atoms in total. The molecule has 0 spiro atoms. The third-order valence-corrected chi connectivity index (χ3v) is 4.35. The number of hydrogen-bond acceptors (Lipinski definition) is 2. The van der Waals surface area contributed by atoms with Crippen LogP contribution in [0.3, 0.4) is 0 Å². The van der Waals surface area contributed by atoms with Crippen LogP contribution in [0.4, 0.5) is 15.8 Å². The molecule has 2 aromatic carbocycles. The van der Waals surface area contributed by atoms with Gasteiger partial charge in [0, 0.05) is 5.69 Å². The smallest absolute Gasteiger partial charge is 0.175 e. The van der Waals surface area contributed by atoms with E-state index < -0.39 is 0 Å². The number of nitrogens with zero attached hydrogens (tertiary/aromatic N) is 2. The average Bonchev–Trinajstić information content (AvgIpc) is 2.84. The van der Waals surface area contributed by atoms with Crippen molar-refractivity contribution in [3.8, 4) is 0 Å². The summed E-state index contributed by atoms with van der Waals surface area (Å²) in [4.78, 5) is 0. The third kappa shape index (κ3) is 4.26. The second-order valence-electron chi connectivity index (χ2n) is 6.28. The number of anilines is 2. The molecule has 0 unspecified atom stereocenters. The van der Waals surface area contributed by atoms with Gasteiger partial charge in [-0.1, -0.05) is 29.8 Å². The molecular weight excluding hydrogens is 347 g/mol. The molecule has 0 bridgehead atoms. The van der Waals surface area contributed by atoms with Gasteiger partial charge in [-0.25, -0.2) is 4.39 Å². The number of benzene rings is 2. The molecule has 2 N–H and O–H groups in total. The Kier molecular flexibility index (Phi) is 5.32. The van der Waals surface area contributed by atoms with Crippen molar-refractivity contribution in [2.24, 2.45) is 0 Å². The Bertz CT molecular complexity index is 931. The molecule has 134 valence electrons. The quantitative estimate of drug-likeness (QED) is 0.649. The van der Waals surface area contributed by atoms with E-state index in [0.717, 1.165) is 28.3 Å². The summed E-state index contributed by atoms with van der Waals surface area (Å²) < 4.78 is 15.2. The van der Waals surface area contributed by atoms with Gasteiger partial charge < -0.3 is 10.6 Å². The van der Waals surface area contributed by atoms with E-state index in [1.165, 1.54) is 17.7 Å². The van der Waals surface area contributed by atoms with Gasteiger partial charge in [-0.2, -0.15) is 5.10 Å². The Hall–Kier alpha value is -2.73. The van der Waals surface area contributed by atoms with Crippen molar-refractivity contribution in [2.45, 2.75) is 27.3 Å². The van der Waals surface area contributed by atoms with Gasteiger partial charge in [-0.3, -0.25) is 4.68 Å². The van der Waals surface area contributed by atoms with Gasteiger partial charge in [0.15, 0.2) is 5.11 Å². The van der Waals surface area contributed by atoms with Crippen LogP contribution < -0.4 is 10.6 Å². The molecule has 0 aliphatic heterocycles. The van der Waals surface area contributed by atoms with Gasteiger partial charge in [0.25, 0.3) is 0 Å². The number of halogens is 1. The lowest BCUT2D eigenvalue weighted by Crippen LogP contribution is -2.20. The summed E-state index contributed by atoms with van der Waals surface area (Å²) in [5, 5.41) is 11.5. The lowest BCUT2D eigenvalue weighted by Gasteiger charge is -2.11. The number of nitrogens with one attached hydrogen (secondary N) is 2. The van der Waals surface area contributed by atoms with Crippen molar-refractivity contribution < 1.29 is 4.39 Å². The zero-order chi connectivity index (χ0) is 18.7. The molecule has 1 heterocycles. The van der Waals surface area contributed by atoms with Crippen LogP contribution in [0.25, 0.3) is 0 Å². The van der Waals surface area contributed by atoms with E-state index >= 15 is 0 Å². The standard InChI is InChI=1S/C20H21FN4S/c1-13-7-9-18(10-8-13)22-20(26)23-19-14(2)24-25(15(19)3)12-16-5-4-6-17(21)11-16/h4-11H,12H2,1-3H3,(H2,22,23,26). The number of aryl methyl sites for hydroxylation is 2. The Morgan fingerprint density at radius 2 is 1.81 bits per heavy atom. The SMILES string of the molecule is Cc1ccc(NC(=S)Nc2c(C)nn(Cc3cccc(F)c3)c2C)cc1. The highest BCUT2D eigenvalue weighted by atomic mass is 32.1. The molecule has 0 saturated heterocycles. The predicted molar refractivity (Wildman–Crippen MR) is 108 cm³/mol. The van der Waals surface area contributed by atoms with E-state index in [1.54, 1.807) is 6.07 Å². The molecule has 0 radical (unpaired) electrons. The molecule has 0 aliphatic carbocycles. The van der Waals surface area contributed by atoms with Crippen LogP contribution in [0.5, 0.6) is 0 Å². The fourth-order valence-electron chi connectivity index (χ4n) is 2.75. The zero-order valence-corrected chi connectivity index (χ0v) is 15.8. The second kappa shape index (κ2) is 7.66. The Labute approximate surface area is 158 Å². The first-order valence-corrected chi connectivity index (χ1v) is 8.76. The fourth-order valence-corrected chi connectivity index (χ4v) is 2.97. The highest BCUT2D eigenvalue weighted by Crippen LogP contribution is 2.21. The number of aromatic nitrogens is 2. The lowest BCUT2D eigenvalue weighted by molar-refractivity contribution is 0.616. The largest absolute Gasteiger partial charge is 0.332 e.